The Balaban J connectivity index is 0.00000200. The molecule has 0 aromatic carbocycles. The lowest BCUT2D eigenvalue weighted by molar-refractivity contribution is 0.0263. The Morgan fingerprint density at radius 1 is 1.30 bits per heavy atom. The third-order valence-electron chi connectivity index (χ3n) is 4.25. The Hall–Kier alpha value is -0.0400. The van der Waals surface area contributed by atoms with Gasteiger partial charge in [0.2, 0.25) is 0 Å². The van der Waals surface area contributed by atoms with Gasteiger partial charge < -0.3 is 15.0 Å². The summed E-state index contributed by atoms with van der Waals surface area (Å²) in [4.78, 5) is 6.83. The molecular formula is C15H30IN3O. The summed E-state index contributed by atoms with van der Waals surface area (Å²) >= 11 is 0. The highest BCUT2D eigenvalue weighted by molar-refractivity contribution is 14.0. The monoisotopic (exact) mass is 395 g/mol. The smallest absolute Gasteiger partial charge is 0.193 e. The zero-order chi connectivity index (χ0) is 13.7. The van der Waals surface area contributed by atoms with Gasteiger partial charge in [0.05, 0.1) is 6.10 Å². The van der Waals surface area contributed by atoms with Gasteiger partial charge in [0.15, 0.2) is 5.96 Å². The minimum Gasteiger partial charge on any atom is -0.378 e. The topological polar surface area (TPSA) is 36.9 Å². The summed E-state index contributed by atoms with van der Waals surface area (Å²) in [5.74, 6) is 1.97. The summed E-state index contributed by atoms with van der Waals surface area (Å²) < 4.78 is 5.70. The number of likely N-dealkylation sites (tertiary alicyclic amines) is 1. The number of nitrogens with zero attached hydrogens (tertiary/aromatic N) is 2. The second kappa shape index (κ2) is 9.07. The molecule has 4 nitrogen and oxygen atoms in total. The molecule has 1 N–H and O–H groups in total. The Morgan fingerprint density at radius 2 is 2.00 bits per heavy atom. The van der Waals surface area contributed by atoms with Crippen LogP contribution in [-0.2, 0) is 4.74 Å². The average molecular weight is 395 g/mol. The van der Waals surface area contributed by atoms with Crippen LogP contribution in [0.15, 0.2) is 4.99 Å². The number of ether oxygens (including phenoxy) is 1. The zero-order valence-electron chi connectivity index (χ0n) is 13.1. The standard InChI is InChI=1S/C15H29N3O.HI/c1-4-6-12-11-14(12)17-15(16-3)18-9-7-13(8-10-18)19-5-2;/h12-14H,4-11H2,1-3H3,(H,16,17);1H. The van der Waals surface area contributed by atoms with E-state index < -0.39 is 0 Å². The van der Waals surface area contributed by atoms with E-state index in [0.29, 0.717) is 12.1 Å². The Kier molecular flexibility index (Phi) is 8.17. The minimum atomic E-state index is 0. The maximum Gasteiger partial charge on any atom is 0.193 e. The van der Waals surface area contributed by atoms with Gasteiger partial charge in [-0.15, -0.1) is 24.0 Å². The fourth-order valence-corrected chi connectivity index (χ4v) is 3.05. The first-order valence-corrected chi connectivity index (χ1v) is 7.88. The number of nitrogens with one attached hydrogen (secondary N) is 1. The van der Waals surface area contributed by atoms with E-state index in [0.717, 1.165) is 44.4 Å². The normalized spacial score (nSPS) is 27.1. The van der Waals surface area contributed by atoms with Crippen LogP contribution in [-0.4, -0.2) is 49.7 Å². The van der Waals surface area contributed by atoms with E-state index in [1.165, 1.54) is 19.3 Å². The predicted octanol–water partition coefficient (Wildman–Crippen LogP) is 2.87. The number of rotatable bonds is 5. The van der Waals surface area contributed by atoms with Gasteiger partial charge in [-0.1, -0.05) is 13.3 Å². The minimum absolute atomic E-state index is 0. The first kappa shape index (κ1) is 18.0. The van der Waals surface area contributed by atoms with Crippen molar-refractivity contribution >= 4 is 29.9 Å². The fourth-order valence-electron chi connectivity index (χ4n) is 3.05. The van der Waals surface area contributed by atoms with Gasteiger partial charge >= 0.3 is 0 Å². The van der Waals surface area contributed by atoms with Crippen molar-refractivity contribution in [3.63, 3.8) is 0 Å². The van der Waals surface area contributed by atoms with Crippen LogP contribution in [0.2, 0.25) is 0 Å². The molecule has 1 aliphatic heterocycles. The average Bonchev–Trinajstić information content (AvgIpc) is 3.16. The van der Waals surface area contributed by atoms with Gasteiger partial charge in [0.25, 0.3) is 0 Å². The molecule has 2 rings (SSSR count). The number of halogens is 1. The largest absolute Gasteiger partial charge is 0.378 e. The molecule has 1 heterocycles. The second-order valence-electron chi connectivity index (χ2n) is 5.72. The number of hydrogen-bond donors (Lipinski definition) is 1. The van der Waals surface area contributed by atoms with Crippen LogP contribution in [0.4, 0.5) is 0 Å². The van der Waals surface area contributed by atoms with Gasteiger partial charge in [-0.05, 0) is 38.5 Å². The van der Waals surface area contributed by atoms with Gasteiger partial charge in [0.1, 0.15) is 0 Å². The van der Waals surface area contributed by atoms with E-state index in [-0.39, 0.29) is 24.0 Å². The highest BCUT2D eigenvalue weighted by Gasteiger charge is 2.37. The summed E-state index contributed by atoms with van der Waals surface area (Å²) in [6, 6.07) is 0.670. The third kappa shape index (κ3) is 5.06. The summed E-state index contributed by atoms with van der Waals surface area (Å²) in [7, 11) is 1.90. The summed E-state index contributed by atoms with van der Waals surface area (Å²) in [6.45, 7) is 7.31. The lowest BCUT2D eigenvalue weighted by Gasteiger charge is -2.34. The Morgan fingerprint density at radius 3 is 2.55 bits per heavy atom. The molecular weight excluding hydrogens is 365 g/mol. The van der Waals surface area contributed by atoms with E-state index >= 15 is 0 Å². The van der Waals surface area contributed by atoms with Gasteiger partial charge in [0, 0.05) is 32.8 Å². The SMILES string of the molecule is CCCC1CC1NC(=NC)N1CCC(OCC)CC1.I. The molecule has 2 unspecified atom stereocenters. The van der Waals surface area contributed by atoms with Crippen LogP contribution < -0.4 is 5.32 Å². The lowest BCUT2D eigenvalue weighted by atomic mass is 10.1. The van der Waals surface area contributed by atoms with E-state index in [9.17, 15) is 0 Å². The van der Waals surface area contributed by atoms with E-state index in [1.807, 2.05) is 7.05 Å². The second-order valence-corrected chi connectivity index (χ2v) is 5.72. The van der Waals surface area contributed by atoms with Crippen molar-refractivity contribution in [3.8, 4) is 0 Å². The fraction of sp³-hybridized carbons (Fsp3) is 0.933. The lowest BCUT2D eigenvalue weighted by Crippen LogP contribution is -2.47. The summed E-state index contributed by atoms with van der Waals surface area (Å²) in [5.41, 5.74) is 0. The van der Waals surface area contributed by atoms with Crippen molar-refractivity contribution in [1.82, 2.24) is 10.2 Å². The summed E-state index contributed by atoms with van der Waals surface area (Å²) in [5, 5.41) is 3.63. The van der Waals surface area contributed by atoms with Crippen molar-refractivity contribution in [2.24, 2.45) is 10.9 Å². The first-order valence-electron chi connectivity index (χ1n) is 7.88. The quantitative estimate of drug-likeness (QED) is 0.442. The van der Waals surface area contributed by atoms with Crippen LogP contribution >= 0.6 is 24.0 Å². The maximum absolute atomic E-state index is 5.70. The molecule has 0 aromatic heterocycles. The number of hydrogen-bond acceptors (Lipinski definition) is 2. The third-order valence-corrected chi connectivity index (χ3v) is 4.25. The zero-order valence-corrected chi connectivity index (χ0v) is 15.4. The molecule has 2 fully saturated rings. The van der Waals surface area contributed by atoms with Crippen molar-refractivity contribution < 1.29 is 4.74 Å². The molecule has 0 bridgehead atoms. The predicted molar refractivity (Wildman–Crippen MR) is 94.9 cm³/mol. The Labute approximate surface area is 140 Å². The molecule has 2 aliphatic rings. The Bertz CT molecular complexity index is 303. The molecule has 0 radical (unpaired) electrons. The van der Waals surface area contributed by atoms with Gasteiger partial charge in [-0.3, -0.25) is 4.99 Å². The van der Waals surface area contributed by atoms with Crippen LogP contribution in [0.1, 0.15) is 46.0 Å². The first-order chi connectivity index (χ1) is 9.28. The van der Waals surface area contributed by atoms with Gasteiger partial charge in [-0.2, -0.15) is 0 Å². The molecule has 5 heteroatoms. The maximum atomic E-state index is 5.70. The van der Waals surface area contributed by atoms with E-state index in [4.69, 9.17) is 4.74 Å². The van der Waals surface area contributed by atoms with Crippen molar-refractivity contribution in [3.05, 3.63) is 0 Å². The van der Waals surface area contributed by atoms with Crippen molar-refractivity contribution in [1.29, 1.82) is 0 Å². The van der Waals surface area contributed by atoms with Crippen LogP contribution in [0, 0.1) is 5.92 Å². The molecule has 2 atom stereocenters. The summed E-state index contributed by atoms with van der Waals surface area (Å²) in [6.07, 6.45) is 6.66. The molecule has 0 amide bonds. The molecule has 0 spiro atoms. The molecule has 20 heavy (non-hydrogen) atoms. The number of guanidine groups is 1. The highest BCUT2D eigenvalue weighted by atomic mass is 127. The van der Waals surface area contributed by atoms with Crippen LogP contribution in [0.25, 0.3) is 0 Å². The van der Waals surface area contributed by atoms with Crippen molar-refractivity contribution in [2.45, 2.75) is 58.1 Å². The molecule has 118 valence electrons. The number of piperidine rings is 1. The van der Waals surface area contributed by atoms with Gasteiger partial charge in [-0.25, -0.2) is 0 Å². The van der Waals surface area contributed by atoms with Crippen molar-refractivity contribution in [2.75, 3.05) is 26.7 Å². The molecule has 1 saturated carbocycles. The van der Waals surface area contributed by atoms with Crippen LogP contribution in [0.5, 0.6) is 0 Å². The van der Waals surface area contributed by atoms with Crippen LogP contribution in [0.3, 0.4) is 0 Å². The van der Waals surface area contributed by atoms with E-state index in [2.05, 4.69) is 29.1 Å². The molecule has 0 aromatic rings. The highest BCUT2D eigenvalue weighted by Crippen LogP contribution is 2.34. The van der Waals surface area contributed by atoms with E-state index in [1.54, 1.807) is 0 Å². The molecule has 1 saturated heterocycles. The number of aliphatic imine (C=N–C) groups is 1. The molecule has 1 aliphatic carbocycles.